The molecule has 0 saturated heterocycles. The highest BCUT2D eigenvalue weighted by molar-refractivity contribution is 5.91. The molecule has 2 amide bonds. The van der Waals surface area contributed by atoms with Gasteiger partial charge in [-0.3, -0.25) is 0 Å². The molecule has 6 heteroatoms. The summed E-state index contributed by atoms with van der Waals surface area (Å²) in [5.41, 5.74) is 8.11. The summed E-state index contributed by atoms with van der Waals surface area (Å²) < 4.78 is 4.19. The van der Waals surface area contributed by atoms with Gasteiger partial charge in [-0.2, -0.15) is 5.10 Å². The van der Waals surface area contributed by atoms with E-state index in [2.05, 4.69) is 65.5 Å². The second-order valence-corrected chi connectivity index (χ2v) is 9.81. The molecule has 0 aliphatic carbocycles. The number of rotatable bonds is 4. The van der Waals surface area contributed by atoms with Crippen LogP contribution < -0.4 is 5.32 Å². The molecule has 0 saturated carbocycles. The van der Waals surface area contributed by atoms with Crippen LogP contribution in [0.5, 0.6) is 0 Å². The highest BCUT2D eigenvalue weighted by atomic mass is 16.2. The summed E-state index contributed by atoms with van der Waals surface area (Å²) in [6, 6.07) is 30.4. The van der Waals surface area contributed by atoms with Crippen molar-refractivity contribution >= 4 is 11.7 Å². The van der Waals surface area contributed by atoms with Crippen molar-refractivity contribution in [1.82, 2.24) is 19.2 Å². The number of hydrogen-bond acceptors (Lipinski definition) is 2. The molecule has 1 atom stereocenters. The zero-order valence-corrected chi connectivity index (χ0v) is 21.9. The maximum atomic E-state index is 14.1. The fraction of sp³-hybridized carbons (Fsp3) is 0.188. The Balaban J connectivity index is 1.53. The molecule has 0 spiro atoms. The molecule has 2 aromatic heterocycles. The summed E-state index contributed by atoms with van der Waals surface area (Å²) in [6.45, 7) is 6.61. The lowest BCUT2D eigenvalue weighted by Gasteiger charge is -2.31. The van der Waals surface area contributed by atoms with Gasteiger partial charge in [0.25, 0.3) is 0 Å². The second-order valence-electron chi connectivity index (χ2n) is 9.81. The van der Waals surface area contributed by atoms with Crippen LogP contribution in [-0.4, -0.2) is 25.3 Å². The van der Waals surface area contributed by atoms with Crippen LogP contribution in [0.25, 0.3) is 11.5 Å². The van der Waals surface area contributed by atoms with E-state index in [1.54, 1.807) is 0 Å². The summed E-state index contributed by atoms with van der Waals surface area (Å²) in [7, 11) is 0. The van der Waals surface area contributed by atoms with E-state index >= 15 is 0 Å². The number of carbonyl (C=O) groups excluding carboxylic acids is 1. The Hall–Kier alpha value is -4.58. The number of fused-ring (bicyclic) bond motifs is 3. The molecule has 6 rings (SSSR count). The van der Waals surface area contributed by atoms with Gasteiger partial charge in [-0.25, -0.2) is 9.48 Å². The predicted octanol–water partition coefficient (Wildman–Crippen LogP) is 6.98. The molecule has 0 fully saturated rings. The molecule has 1 aliphatic rings. The van der Waals surface area contributed by atoms with Crippen molar-refractivity contribution in [1.29, 1.82) is 0 Å². The van der Waals surface area contributed by atoms with E-state index in [9.17, 15) is 4.79 Å². The SMILES string of the molecule is CCc1ccc([C@@H]2c3cccn3-c3c(c(C)nn3-c3ccccc3)CN2C(=O)Nc2ccccc2C)cc1. The third-order valence-corrected chi connectivity index (χ3v) is 7.44. The fourth-order valence-electron chi connectivity index (χ4n) is 5.34. The Morgan fingerprint density at radius 2 is 1.66 bits per heavy atom. The molecular weight excluding hydrogens is 470 g/mol. The smallest absolute Gasteiger partial charge is 0.308 e. The predicted molar refractivity (Wildman–Crippen MR) is 151 cm³/mol. The molecule has 5 aromatic rings. The standard InChI is InChI=1S/C32H31N5O/c1-4-24-16-18-25(19-17-24)30-29-15-10-20-35(29)31-27(23(3)34-37(31)26-12-6-5-7-13-26)21-36(30)32(38)33-28-14-9-8-11-22(28)2/h5-20,30H,4,21H2,1-3H3,(H,33,38)/t30-/m1/s1. The Morgan fingerprint density at radius 3 is 2.39 bits per heavy atom. The maximum absolute atomic E-state index is 14.1. The number of urea groups is 1. The molecule has 6 nitrogen and oxygen atoms in total. The number of benzene rings is 3. The molecule has 3 heterocycles. The first-order chi connectivity index (χ1) is 18.5. The number of hydrogen-bond donors (Lipinski definition) is 1. The summed E-state index contributed by atoms with van der Waals surface area (Å²) in [6.07, 6.45) is 3.04. The van der Waals surface area contributed by atoms with Gasteiger partial charge >= 0.3 is 6.03 Å². The van der Waals surface area contributed by atoms with E-state index in [4.69, 9.17) is 5.10 Å². The molecule has 190 valence electrons. The van der Waals surface area contributed by atoms with Crippen LogP contribution in [0.1, 0.15) is 46.6 Å². The van der Waals surface area contributed by atoms with Crippen LogP contribution in [-0.2, 0) is 13.0 Å². The number of para-hydroxylation sites is 2. The first-order valence-corrected chi connectivity index (χ1v) is 13.1. The highest BCUT2D eigenvalue weighted by Gasteiger charge is 2.36. The first-order valence-electron chi connectivity index (χ1n) is 13.1. The number of amides is 2. The van der Waals surface area contributed by atoms with Gasteiger partial charge in [-0.1, -0.05) is 67.6 Å². The molecule has 1 aliphatic heterocycles. The zero-order valence-electron chi connectivity index (χ0n) is 21.9. The maximum Gasteiger partial charge on any atom is 0.322 e. The van der Waals surface area contributed by atoms with E-state index in [0.29, 0.717) is 6.54 Å². The Labute approximate surface area is 223 Å². The van der Waals surface area contributed by atoms with Gasteiger partial charge in [-0.15, -0.1) is 0 Å². The molecule has 0 unspecified atom stereocenters. The third-order valence-electron chi connectivity index (χ3n) is 7.44. The van der Waals surface area contributed by atoms with Gasteiger partial charge in [0.05, 0.1) is 29.7 Å². The number of carbonyl (C=O) groups is 1. The minimum atomic E-state index is -0.282. The quantitative estimate of drug-likeness (QED) is 0.289. The average Bonchev–Trinajstić information content (AvgIpc) is 3.51. The van der Waals surface area contributed by atoms with Crippen molar-refractivity contribution in [2.75, 3.05) is 5.32 Å². The van der Waals surface area contributed by atoms with Crippen molar-refractivity contribution < 1.29 is 4.79 Å². The molecule has 38 heavy (non-hydrogen) atoms. The largest absolute Gasteiger partial charge is 0.322 e. The topological polar surface area (TPSA) is 55.1 Å². The first kappa shape index (κ1) is 23.8. The highest BCUT2D eigenvalue weighted by Crippen LogP contribution is 2.39. The molecule has 0 radical (unpaired) electrons. The number of nitrogens with one attached hydrogen (secondary N) is 1. The number of anilines is 1. The van der Waals surface area contributed by atoms with Gasteiger partial charge in [-0.05, 0) is 67.3 Å². The Bertz CT molecular complexity index is 1600. The Morgan fingerprint density at radius 1 is 0.921 bits per heavy atom. The van der Waals surface area contributed by atoms with E-state index in [0.717, 1.165) is 51.7 Å². The van der Waals surface area contributed by atoms with Gasteiger partial charge in [0.15, 0.2) is 0 Å². The van der Waals surface area contributed by atoms with Gasteiger partial charge in [0.1, 0.15) is 5.82 Å². The van der Waals surface area contributed by atoms with Crippen LogP contribution >= 0.6 is 0 Å². The summed E-state index contributed by atoms with van der Waals surface area (Å²) in [5.74, 6) is 0.968. The lowest BCUT2D eigenvalue weighted by atomic mass is 9.99. The van der Waals surface area contributed by atoms with Crippen molar-refractivity contribution in [2.45, 2.75) is 39.8 Å². The van der Waals surface area contributed by atoms with Crippen LogP contribution in [0.3, 0.4) is 0 Å². The van der Waals surface area contributed by atoms with Crippen molar-refractivity contribution in [3.8, 4) is 11.5 Å². The monoisotopic (exact) mass is 501 g/mol. The van der Waals surface area contributed by atoms with E-state index in [1.807, 2.05) is 72.0 Å². The molecule has 3 aromatic carbocycles. The second kappa shape index (κ2) is 9.71. The average molecular weight is 502 g/mol. The van der Waals surface area contributed by atoms with E-state index in [-0.39, 0.29) is 12.1 Å². The lowest BCUT2D eigenvalue weighted by Crippen LogP contribution is -2.38. The number of aromatic nitrogens is 3. The van der Waals surface area contributed by atoms with E-state index < -0.39 is 0 Å². The number of nitrogens with zero attached hydrogens (tertiary/aromatic N) is 4. The van der Waals surface area contributed by atoms with Gasteiger partial charge in [0, 0.05) is 17.4 Å². The van der Waals surface area contributed by atoms with E-state index in [1.165, 1.54) is 5.56 Å². The van der Waals surface area contributed by atoms with Crippen LogP contribution in [0.2, 0.25) is 0 Å². The molecular formula is C32H31N5O. The lowest BCUT2D eigenvalue weighted by molar-refractivity contribution is 0.194. The minimum Gasteiger partial charge on any atom is -0.308 e. The number of aryl methyl sites for hydroxylation is 3. The van der Waals surface area contributed by atoms with Crippen LogP contribution in [0.15, 0.2) is 97.2 Å². The summed E-state index contributed by atoms with van der Waals surface area (Å²) in [5, 5.41) is 8.12. The molecule has 0 bridgehead atoms. The van der Waals surface area contributed by atoms with Gasteiger partial charge < -0.3 is 14.8 Å². The minimum absolute atomic E-state index is 0.142. The van der Waals surface area contributed by atoms with Gasteiger partial charge in [0.2, 0.25) is 0 Å². The summed E-state index contributed by atoms with van der Waals surface area (Å²) in [4.78, 5) is 16.0. The molecule has 1 N–H and O–H groups in total. The van der Waals surface area contributed by atoms with Crippen molar-refractivity contribution in [3.05, 3.63) is 131 Å². The Kier molecular flexibility index (Phi) is 6.08. The third kappa shape index (κ3) is 4.08. The fourth-order valence-corrected chi connectivity index (χ4v) is 5.34. The normalized spacial score (nSPS) is 14.5. The van der Waals surface area contributed by atoms with Crippen molar-refractivity contribution in [3.63, 3.8) is 0 Å². The van der Waals surface area contributed by atoms with Crippen molar-refractivity contribution in [2.24, 2.45) is 0 Å². The van der Waals surface area contributed by atoms with Crippen LogP contribution in [0.4, 0.5) is 10.5 Å². The summed E-state index contributed by atoms with van der Waals surface area (Å²) >= 11 is 0. The zero-order chi connectivity index (χ0) is 26.2. The van der Waals surface area contributed by atoms with Crippen LogP contribution in [0, 0.1) is 13.8 Å².